The van der Waals surface area contributed by atoms with Gasteiger partial charge in [0.05, 0.1) is 12.2 Å². The van der Waals surface area contributed by atoms with Crippen molar-refractivity contribution in [2.45, 2.75) is 12.3 Å². The highest BCUT2D eigenvalue weighted by Gasteiger charge is 2.18. The normalized spacial score (nSPS) is 10.2. The van der Waals surface area contributed by atoms with Gasteiger partial charge in [0.25, 0.3) is 0 Å². The fraction of sp³-hybridized carbons (Fsp3) is 0.176. The molecule has 0 saturated heterocycles. The number of ketones is 1. The molecule has 0 N–H and O–H groups in total. The molecular weight excluding hydrogens is 332 g/mol. The standard InChI is InChI=1S/C17H15BrO3/c1-2-21-17(20)15-6-4-3-5-14(15)16(19)13-9-7-12(11-18)8-10-13/h3-10H,2,11H2,1H3. The number of hydrogen-bond donors (Lipinski definition) is 0. The molecule has 0 saturated carbocycles. The van der Waals surface area contributed by atoms with Crippen LogP contribution in [0.25, 0.3) is 0 Å². The highest BCUT2D eigenvalue weighted by atomic mass is 79.9. The first kappa shape index (κ1) is 15.4. The lowest BCUT2D eigenvalue weighted by atomic mass is 9.98. The van der Waals surface area contributed by atoms with Crippen LogP contribution in [0.15, 0.2) is 48.5 Å². The van der Waals surface area contributed by atoms with Crippen molar-refractivity contribution in [2.75, 3.05) is 6.61 Å². The molecule has 2 rings (SSSR count). The first-order valence-corrected chi connectivity index (χ1v) is 7.75. The second kappa shape index (κ2) is 7.18. The number of ether oxygens (including phenoxy) is 1. The molecule has 0 aliphatic carbocycles. The summed E-state index contributed by atoms with van der Waals surface area (Å²) in [6, 6.07) is 14.0. The summed E-state index contributed by atoms with van der Waals surface area (Å²) < 4.78 is 4.99. The van der Waals surface area contributed by atoms with Crippen LogP contribution >= 0.6 is 15.9 Å². The molecule has 0 fully saturated rings. The van der Waals surface area contributed by atoms with Gasteiger partial charge in [-0.15, -0.1) is 0 Å². The van der Waals surface area contributed by atoms with Gasteiger partial charge >= 0.3 is 5.97 Å². The highest BCUT2D eigenvalue weighted by Crippen LogP contribution is 2.17. The Hall–Kier alpha value is -1.94. The number of rotatable bonds is 5. The van der Waals surface area contributed by atoms with Crippen LogP contribution in [-0.4, -0.2) is 18.4 Å². The molecule has 0 aliphatic rings. The average Bonchev–Trinajstić information content (AvgIpc) is 2.54. The lowest BCUT2D eigenvalue weighted by Gasteiger charge is -2.08. The topological polar surface area (TPSA) is 43.4 Å². The van der Waals surface area contributed by atoms with Crippen LogP contribution in [0.2, 0.25) is 0 Å². The molecule has 0 bridgehead atoms. The van der Waals surface area contributed by atoms with Gasteiger partial charge in [-0.2, -0.15) is 0 Å². The molecule has 2 aromatic rings. The lowest BCUT2D eigenvalue weighted by molar-refractivity contribution is 0.0523. The molecule has 0 amide bonds. The molecule has 3 nitrogen and oxygen atoms in total. The van der Waals surface area contributed by atoms with Gasteiger partial charge in [0.15, 0.2) is 5.78 Å². The summed E-state index contributed by atoms with van der Waals surface area (Å²) in [5.41, 5.74) is 2.30. The number of esters is 1. The third-order valence-corrected chi connectivity index (χ3v) is 3.68. The minimum atomic E-state index is -0.474. The van der Waals surface area contributed by atoms with Gasteiger partial charge < -0.3 is 4.74 Å². The Labute approximate surface area is 132 Å². The minimum Gasteiger partial charge on any atom is -0.462 e. The van der Waals surface area contributed by atoms with Gasteiger partial charge in [-0.05, 0) is 18.6 Å². The Morgan fingerprint density at radius 2 is 1.62 bits per heavy atom. The maximum absolute atomic E-state index is 12.6. The highest BCUT2D eigenvalue weighted by molar-refractivity contribution is 9.08. The van der Waals surface area contributed by atoms with E-state index in [1.807, 2.05) is 12.1 Å². The smallest absolute Gasteiger partial charge is 0.338 e. The van der Waals surface area contributed by atoms with Gasteiger partial charge in [0.2, 0.25) is 0 Å². The van der Waals surface area contributed by atoms with E-state index in [4.69, 9.17) is 4.74 Å². The van der Waals surface area contributed by atoms with Crippen LogP contribution in [0.3, 0.4) is 0 Å². The SMILES string of the molecule is CCOC(=O)c1ccccc1C(=O)c1ccc(CBr)cc1. The fourth-order valence-corrected chi connectivity index (χ4v) is 2.34. The predicted molar refractivity (Wildman–Crippen MR) is 84.9 cm³/mol. The zero-order valence-corrected chi connectivity index (χ0v) is 13.2. The molecule has 108 valence electrons. The Kier molecular flexibility index (Phi) is 5.28. The molecular formula is C17H15BrO3. The molecule has 0 aromatic heterocycles. The number of carbonyl (C=O) groups excluding carboxylic acids is 2. The fourth-order valence-electron chi connectivity index (χ4n) is 1.97. The van der Waals surface area contributed by atoms with Crippen molar-refractivity contribution in [3.63, 3.8) is 0 Å². The van der Waals surface area contributed by atoms with Crippen molar-refractivity contribution in [2.24, 2.45) is 0 Å². The second-order valence-corrected chi connectivity index (χ2v) is 4.99. The molecule has 4 heteroatoms. The average molecular weight is 347 g/mol. The van der Waals surface area contributed by atoms with Crippen LogP contribution in [0.1, 0.15) is 38.8 Å². The zero-order chi connectivity index (χ0) is 15.2. The van der Waals surface area contributed by atoms with Crippen molar-refractivity contribution < 1.29 is 14.3 Å². The van der Waals surface area contributed by atoms with Gasteiger partial charge in [-0.25, -0.2) is 4.79 Å². The van der Waals surface area contributed by atoms with E-state index in [0.717, 1.165) is 10.9 Å². The molecule has 0 spiro atoms. The predicted octanol–water partition coefficient (Wildman–Crippen LogP) is 3.99. The largest absolute Gasteiger partial charge is 0.462 e. The van der Waals surface area contributed by atoms with E-state index in [0.29, 0.717) is 16.7 Å². The molecule has 0 radical (unpaired) electrons. The van der Waals surface area contributed by atoms with Gasteiger partial charge in [-0.1, -0.05) is 58.4 Å². The first-order valence-electron chi connectivity index (χ1n) is 6.63. The lowest BCUT2D eigenvalue weighted by Crippen LogP contribution is -2.12. The van der Waals surface area contributed by atoms with Crippen LogP contribution in [0.4, 0.5) is 0 Å². The molecule has 0 heterocycles. The Morgan fingerprint density at radius 1 is 1.00 bits per heavy atom. The van der Waals surface area contributed by atoms with Crippen LogP contribution in [0, 0.1) is 0 Å². The second-order valence-electron chi connectivity index (χ2n) is 4.43. The van der Waals surface area contributed by atoms with Crippen LogP contribution in [0.5, 0.6) is 0 Å². The van der Waals surface area contributed by atoms with E-state index in [2.05, 4.69) is 15.9 Å². The summed E-state index contributed by atoms with van der Waals surface area (Å²) >= 11 is 3.37. The molecule has 0 aliphatic heterocycles. The Balaban J connectivity index is 2.36. The van der Waals surface area contributed by atoms with Crippen LogP contribution < -0.4 is 0 Å². The number of hydrogen-bond acceptors (Lipinski definition) is 3. The molecule has 21 heavy (non-hydrogen) atoms. The summed E-state index contributed by atoms with van der Waals surface area (Å²) in [6.07, 6.45) is 0. The number of alkyl halides is 1. The number of halogens is 1. The third kappa shape index (κ3) is 3.58. The van der Waals surface area contributed by atoms with E-state index >= 15 is 0 Å². The maximum Gasteiger partial charge on any atom is 0.338 e. The minimum absolute atomic E-state index is 0.181. The van der Waals surface area contributed by atoms with Gasteiger partial charge in [0, 0.05) is 16.5 Å². The Bertz CT molecular complexity index is 647. The number of carbonyl (C=O) groups is 2. The van der Waals surface area contributed by atoms with Crippen molar-refractivity contribution in [3.8, 4) is 0 Å². The monoisotopic (exact) mass is 346 g/mol. The van der Waals surface area contributed by atoms with E-state index in [1.165, 1.54) is 0 Å². The maximum atomic E-state index is 12.6. The summed E-state index contributed by atoms with van der Waals surface area (Å²) in [5.74, 6) is -0.654. The molecule has 0 atom stereocenters. The third-order valence-electron chi connectivity index (χ3n) is 3.04. The summed E-state index contributed by atoms with van der Waals surface area (Å²) in [5, 5.41) is 0.737. The molecule has 2 aromatic carbocycles. The van der Waals surface area contributed by atoms with Crippen molar-refractivity contribution in [1.82, 2.24) is 0 Å². The quantitative estimate of drug-likeness (QED) is 0.467. The van der Waals surface area contributed by atoms with Gasteiger partial charge in [0.1, 0.15) is 0 Å². The van der Waals surface area contributed by atoms with Crippen LogP contribution in [-0.2, 0) is 10.1 Å². The van der Waals surface area contributed by atoms with Crippen molar-refractivity contribution in [3.05, 3.63) is 70.8 Å². The summed E-state index contributed by atoms with van der Waals surface area (Å²) in [6.45, 7) is 2.02. The first-order chi connectivity index (χ1) is 10.2. The van der Waals surface area contributed by atoms with E-state index in [-0.39, 0.29) is 12.4 Å². The van der Waals surface area contributed by atoms with Crippen molar-refractivity contribution in [1.29, 1.82) is 0 Å². The number of benzene rings is 2. The van der Waals surface area contributed by atoms with E-state index in [9.17, 15) is 9.59 Å². The van der Waals surface area contributed by atoms with E-state index < -0.39 is 5.97 Å². The van der Waals surface area contributed by atoms with E-state index in [1.54, 1.807) is 43.3 Å². The molecule has 0 unspecified atom stereocenters. The summed E-state index contributed by atoms with van der Waals surface area (Å²) in [7, 11) is 0. The van der Waals surface area contributed by atoms with Crippen molar-refractivity contribution >= 4 is 27.7 Å². The zero-order valence-electron chi connectivity index (χ0n) is 11.6. The summed E-state index contributed by atoms with van der Waals surface area (Å²) in [4.78, 5) is 24.5. The Morgan fingerprint density at radius 3 is 2.19 bits per heavy atom. The van der Waals surface area contributed by atoms with Gasteiger partial charge in [-0.3, -0.25) is 4.79 Å².